The summed E-state index contributed by atoms with van der Waals surface area (Å²) in [6.07, 6.45) is 6.98. The van der Waals surface area contributed by atoms with Crippen molar-refractivity contribution >= 4 is 53.6 Å². The normalized spacial score (nSPS) is 13.7. The van der Waals surface area contributed by atoms with E-state index in [0.717, 1.165) is 34.8 Å². The number of nitrogen functional groups attached to an aromatic ring is 1. The summed E-state index contributed by atoms with van der Waals surface area (Å²) in [5, 5.41) is 1.53. The molecule has 190 valence electrons. The second-order valence-corrected chi connectivity index (χ2v) is 9.64. The first-order valence-electron chi connectivity index (χ1n) is 11.6. The SMILES string of the molecule is C=C(CC)n1c(C(=O)N(C)C)cc2cnc(SC)nc21.CN1CCC(c2ccc(N)cc2)CC1.[K+].[SH-]. The van der Waals surface area contributed by atoms with Crippen molar-refractivity contribution in [2.45, 2.75) is 37.3 Å². The molecule has 4 rings (SSSR count). The Bertz CT molecular complexity index is 1140. The summed E-state index contributed by atoms with van der Waals surface area (Å²) in [5.41, 5.74) is 10.1. The number of hydrogen-bond donors (Lipinski definition) is 1. The zero-order chi connectivity index (χ0) is 24.8. The fraction of sp³-hybridized carbons (Fsp3) is 0.423. The second-order valence-electron chi connectivity index (χ2n) is 8.86. The molecule has 1 amide bonds. The number of amides is 1. The Morgan fingerprint density at radius 3 is 2.36 bits per heavy atom. The molecule has 1 fully saturated rings. The molecule has 1 aliphatic rings. The van der Waals surface area contributed by atoms with E-state index in [0.29, 0.717) is 10.9 Å². The van der Waals surface area contributed by atoms with Crippen molar-refractivity contribution in [3.05, 3.63) is 54.4 Å². The first kappa shape index (κ1) is 33.2. The van der Waals surface area contributed by atoms with Gasteiger partial charge in [-0.25, -0.2) is 9.97 Å². The van der Waals surface area contributed by atoms with Crippen molar-refractivity contribution in [1.29, 1.82) is 0 Å². The maximum Gasteiger partial charge on any atom is 1.00 e. The number of thioether (sulfide) groups is 1. The Morgan fingerprint density at radius 2 is 1.83 bits per heavy atom. The van der Waals surface area contributed by atoms with Gasteiger partial charge < -0.3 is 29.0 Å². The van der Waals surface area contributed by atoms with E-state index in [-0.39, 0.29) is 70.8 Å². The van der Waals surface area contributed by atoms with Crippen LogP contribution in [0, 0.1) is 0 Å². The Labute approximate surface area is 269 Å². The fourth-order valence-electron chi connectivity index (χ4n) is 4.05. The molecule has 0 radical (unpaired) electrons. The summed E-state index contributed by atoms with van der Waals surface area (Å²) in [4.78, 5) is 25.0. The van der Waals surface area contributed by atoms with Gasteiger partial charge >= 0.3 is 51.4 Å². The molecule has 0 saturated carbocycles. The van der Waals surface area contributed by atoms with E-state index in [4.69, 9.17) is 5.73 Å². The van der Waals surface area contributed by atoms with Crippen molar-refractivity contribution in [2.75, 3.05) is 46.2 Å². The third-order valence-electron chi connectivity index (χ3n) is 6.18. The maximum absolute atomic E-state index is 12.3. The van der Waals surface area contributed by atoms with Gasteiger partial charge in [0.25, 0.3) is 5.91 Å². The molecule has 2 aromatic heterocycles. The molecule has 0 unspecified atom stereocenters. The predicted octanol–water partition coefficient (Wildman–Crippen LogP) is 1.55. The van der Waals surface area contributed by atoms with Gasteiger partial charge in [-0.2, -0.15) is 0 Å². The molecule has 1 aliphatic heterocycles. The Morgan fingerprint density at radius 1 is 1.22 bits per heavy atom. The summed E-state index contributed by atoms with van der Waals surface area (Å²) in [5.74, 6) is 0.676. The first-order valence-corrected chi connectivity index (χ1v) is 12.8. The molecular weight excluding hydrogens is 516 g/mol. The van der Waals surface area contributed by atoms with E-state index >= 15 is 0 Å². The number of likely N-dealkylation sites (tertiary alicyclic amines) is 1. The number of carbonyl (C=O) groups is 1. The molecule has 0 bridgehead atoms. The monoisotopic (exact) mass is 552 g/mol. The Kier molecular flexibility index (Phi) is 14.3. The standard InChI is InChI=1S/C14H18N4OS.C12H18N2.K.H2S/c1-6-9(2)18-11(13(19)17(3)4)7-10-8-15-14(20-5)16-12(10)18;1-14-8-6-11(7-9-14)10-2-4-12(13)5-3-10;;/h7-8H,2,6H2,1,3-5H3;2-5,11H,6-9,13H2,1H3;;1H2/q;;+1;/p-1. The van der Waals surface area contributed by atoms with Gasteiger partial charge in [0.2, 0.25) is 0 Å². The molecule has 36 heavy (non-hydrogen) atoms. The number of benzene rings is 1. The van der Waals surface area contributed by atoms with Crippen molar-refractivity contribution in [2.24, 2.45) is 0 Å². The average Bonchev–Trinajstić information content (AvgIpc) is 3.23. The largest absolute Gasteiger partial charge is 1.00 e. The first-order chi connectivity index (χ1) is 16.2. The third kappa shape index (κ3) is 8.32. The van der Waals surface area contributed by atoms with Gasteiger partial charge in [-0.3, -0.25) is 9.36 Å². The second kappa shape index (κ2) is 15.5. The summed E-state index contributed by atoms with van der Waals surface area (Å²) < 4.78 is 1.83. The smallest absolute Gasteiger partial charge is 0.813 e. The van der Waals surface area contributed by atoms with Gasteiger partial charge in [0.1, 0.15) is 11.3 Å². The predicted molar refractivity (Wildman–Crippen MR) is 152 cm³/mol. The van der Waals surface area contributed by atoms with Gasteiger partial charge in [-0.1, -0.05) is 37.4 Å². The van der Waals surface area contributed by atoms with Crippen LogP contribution >= 0.6 is 11.8 Å². The number of piperidine rings is 1. The zero-order valence-corrected chi connectivity index (χ0v) is 27.2. The molecule has 10 heteroatoms. The molecule has 1 aromatic carbocycles. The summed E-state index contributed by atoms with van der Waals surface area (Å²) in [7, 11) is 5.66. The number of nitrogens with zero attached hydrogens (tertiary/aromatic N) is 5. The van der Waals surface area contributed by atoms with Gasteiger partial charge in [0.05, 0.1) is 0 Å². The van der Waals surface area contributed by atoms with Gasteiger partial charge in [-0.05, 0) is 75.3 Å². The molecule has 2 N–H and O–H groups in total. The molecule has 0 aliphatic carbocycles. The van der Waals surface area contributed by atoms with Crippen LogP contribution in [0.3, 0.4) is 0 Å². The number of carbonyl (C=O) groups excluding carboxylic acids is 1. The number of anilines is 1. The minimum Gasteiger partial charge on any atom is -0.813 e. The van der Waals surface area contributed by atoms with Crippen LogP contribution in [-0.4, -0.2) is 70.7 Å². The summed E-state index contributed by atoms with van der Waals surface area (Å²) in [6, 6.07) is 10.2. The van der Waals surface area contributed by atoms with Crippen LogP contribution in [-0.2, 0) is 13.5 Å². The van der Waals surface area contributed by atoms with Crippen LogP contribution in [0.25, 0.3) is 16.7 Å². The van der Waals surface area contributed by atoms with Crippen molar-refractivity contribution in [3.8, 4) is 0 Å². The molecule has 0 spiro atoms. The van der Waals surface area contributed by atoms with Crippen LogP contribution in [0.1, 0.15) is 48.2 Å². The minimum atomic E-state index is -0.0664. The third-order valence-corrected chi connectivity index (χ3v) is 6.74. The van der Waals surface area contributed by atoms with Crippen molar-refractivity contribution in [1.82, 2.24) is 24.3 Å². The topological polar surface area (TPSA) is 80.3 Å². The van der Waals surface area contributed by atoms with Crippen LogP contribution in [0.5, 0.6) is 0 Å². The van der Waals surface area contributed by atoms with Gasteiger partial charge in [-0.15, -0.1) is 0 Å². The molecular formula is C26H37KN6OS2. The van der Waals surface area contributed by atoms with Crippen LogP contribution < -0.4 is 57.1 Å². The number of allylic oxidation sites excluding steroid dienone is 1. The van der Waals surface area contributed by atoms with E-state index in [1.807, 2.05) is 35.9 Å². The van der Waals surface area contributed by atoms with Crippen molar-refractivity contribution in [3.63, 3.8) is 0 Å². The number of aromatic nitrogens is 3. The molecule has 7 nitrogen and oxygen atoms in total. The average molecular weight is 553 g/mol. The molecule has 3 heterocycles. The van der Waals surface area contributed by atoms with Crippen LogP contribution in [0.4, 0.5) is 5.69 Å². The minimum absolute atomic E-state index is 0. The molecule has 0 atom stereocenters. The number of thiol groups is 1. The summed E-state index contributed by atoms with van der Waals surface area (Å²) in [6.45, 7) is 8.49. The number of fused-ring (bicyclic) bond motifs is 1. The van der Waals surface area contributed by atoms with E-state index < -0.39 is 0 Å². The Balaban J connectivity index is 0.000000359. The number of nitrogens with two attached hydrogens (primary N) is 1. The van der Waals surface area contributed by atoms with E-state index in [1.165, 1.54) is 43.3 Å². The maximum atomic E-state index is 12.3. The molecule has 1 saturated heterocycles. The zero-order valence-electron chi connectivity index (χ0n) is 22.4. The van der Waals surface area contributed by atoms with Crippen LogP contribution in [0.15, 0.2) is 48.3 Å². The number of hydrogen-bond acceptors (Lipinski definition) is 7. The quantitative estimate of drug-likeness (QED) is 0.128. The Hall–Kier alpha value is -0.854. The summed E-state index contributed by atoms with van der Waals surface area (Å²) >= 11 is 1.48. The van der Waals surface area contributed by atoms with E-state index in [9.17, 15) is 4.79 Å². The molecule has 3 aromatic rings. The van der Waals surface area contributed by atoms with Gasteiger partial charge in [0, 0.05) is 37.1 Å². The fourth-order valence-corrected chi connectivity index (χ4v) is 4.38. The van der Waals surface area contributed by atoms with E-state index in [2.05, 4.69) is 40.6 Å². The number of rotatable bonds is 5. The van der Waals surface area contributed by atoms with Crippen LogP contribution in [0.2, 0.25) is 0 Å². The van der Waals surface area contributed by atoms with Gasteiger partial charge in [0.15, 0.2) is 5.16 Å². The van der Waals surface area contributed by atoms with Crippen molar-refractivity contribution < 1.29 is 56.2 Å². The van der Waals surface area contributed by atoms with E-state index in [1.54, 1.807) is 25.2 Å².